The lowest BCUT2D eigenvalue weighted by atomic mass is 10.0. The van der Waals surface area contributed by atoms with E-state index in [0.29, 0.717) is 24.1 Å². The van der Waals surface area contributed by atoms with Crippen LogP contribution in [-0.2, 0) is 0 Å². The first-order valence-corrected chi connectivity index (χ1v) is 6.79. The highest BCUT2D eigenvalue weighted by atomic mass is 16.1. The van der Waals surface area contributed by atoms with Crippen LogP contribution in [0, 0.1) is 11.3 Å². The molecule has 1 amide bonds. The fourth-order valence-electron chi connectivity index (χ4n) is 2.04. The maximum atomic E-state index is 12.0. The van der Waals surface area contributed by atoms with E-state index < -0.39 is 0 Å². The van der Waals surface area contributed by atoms with Gasteiger partial charge in [-0.15, -0.1) is 0 Å². The Balaban J connectivity index is 1.86. The summed E-state index contributed by atoms with van der Waals surface area (Å²) in [6, 6.07) is 18.3. The molecule has 0 radical (unpaired) electrons. The van der Waals surface area contributed by atoms with Gasteiger partial charge in [0.2, 0.25) is 0 Å². The SMILES string of the molecule is N#Cc1cccc(C(=O)NCCC(N)c2ccccc2)c1. The number of nitrogens with two attached hydrogens (primary N) is 1. The Morgan fingerprint density at radius 3 is 2.67 bits per heavy atom. The molecule has 4 nitrogen and oxygen atoms in total. The standard InChI is InChI=1S/C17H17N3O/c18-12-13-5-4-8-15(11-13)17(21)20-10-9-16(19)14-6-2-1-3-7-14/h1-8,11,16H,9-10,19H2,(H,20,21). The van der Waals surface area contributed by atoms with E-state index in [-0.39, 0.29) is 11.9 Å². The summed E-state index contributed by atoms with van der Waals surface area (Å²) in [5.41, 5.74) is 8.09. The van der Waals surface area contributed by atoms with Crippen molar-refractivity contribution in [1.82, 2.24) is 5.32 Å². The fourth-order valence-corrected chi connectivity index (χ4v) is 2.04. The summed E-state index contributed by atoms with van der Waals surface area (Å²) in [7, 11) is 0. The average molecular weight is 279 g/mol. The number of nitrogens with one attached hydrogen (secondary N) is 1. The van der Waals surface area contributed by atoms with Crippen molar-refractivity contribution in [3.05, 3.63) is 71.3 Å². The number of carbonyl (C=O) groups excluding carboxylic acids is 1. The second-order valence-electron chi connectivity index (χ2n) is 4.75. The smallest absolute Gasteiger partial charge is 0.251 e. The molecule has 1 atom stereocenters. The first-order valence-electron chi connectivity index (χ1n) is 6.79. The number of amides is 1. The molecule has 0 aliphatic carbocycles. The lowest BCUT2D eigenvalue weighted by Gasteiger charge is -2.12. The maximum absolute atomic E-state index is 12.0. The van der Waals surface area contributed by atoms with Crippen molar-refractivity contribution in [3.63, 3.8) is 0 Å². The van der Waals surface area contributed by atoms with Crippen molar-refractivity contribution in [2.75, 3.05) is 6.54 Å². The minimum atomic E-state index is -0.188. The molecule has 0 spiro atoms. The molecule has 0 saturated carbocycles. The van der Waals surface area contributed by atoms with E-state index in [4.69, 9.17) is 11.0 Å². The molecule has 0 heterocycles. The minimum Gasteiger partial charge on any atom is -0.352 e. The molecule has 1 unspecified atom stereocenters. The van der Waals surface area contributed by atoms with Gasteiger partial charge in [-0.25, -0.2) is 0 Å². The van der Waals surface area contributed by atoms with Crippen LogP contribution in [0.4, 0.5) is 0 Å². The van der Waals surface area contributed by atoms with Crippen molar-refractivity contribution in [2.45, 2.75) is 12.5 Å². The molecule has 2 aromatic rings. The van der Waals surface area contributed by atoms with Crippen LogP contribution in [0.3, 0.4) is 0 Å². The van der Waals surface area contributed by atoms with E-state index >= 15 is 0 Å². The van der Waals surface area contributed by atoms with Gasteiger partial charge in [-0.05, 0) is 30.2 Å². The molecule has 3 N–H and O–H groups in total. The Morgan fingerprint density at radius 1 is 1.19 bits per heavy atom. The van der Waals surface area contributed by atoms with Gasteiger partial charge in [0.25, 0.3) is 5.91 Å². The van der Waals surface area contributed by atoms with Gasteiger partial charge in [0.1, 0.15) is 0 Å². The molecule has 0 saturated heterocycles. The number of rotatable bonds is 5. The molecule has 4 heteroatoms. The third-order valence-electron chi connectivity index (χ3n) is 3.22. The minimum absolute atomic E-state index is 0.100. The van der Waals surface area contributed by atoms with Gasteiger partial charge in [-0.1, -0.05) is 36.4 Å². The van der Waals surface area contributed by atoms with Crippen LogP contribution in [0.15, 0.2) is 54.6 Å². The van der Waals surface area contributed by atoms with Crippen LogP contribution in [-0.4, -0.2) is 12.5 Å². The van der Waals surface area contributed by atoms with Crippen LogP contribution in [0.25, 0.3) is 0 Å². The van der Waals surface area contributed by atoms with Gasteiger partial charge in [0.05, 0.1) is 11.6 Å². The van der Waals surface area contributed by atoms with Crippen molar-refractivity contribution in [2.24, 2.45) is 5.73 Å². The number of benzene rings is 2. The summed E-state index contributed by atoms with van der Waals surface area (Å²) in [5, 5.41) is 11.6. The maximum Gasteiger partial charge on any atom is 0.251 e. The van der Waals surface area contributed by atoms with Gasteiger partial charge in [-0.3, -0.25) is 4.79 Å². The summed E-state index contributed by atoms with van der Waals surface area (Å²) in [6.45, 7) is 0.492. The van der Waals surface area contributed by atoms with Crippen molar-refractivity contribution >= 4 is 5.91 Å². The Bertz CT molecular complexity index is 647. The van der Waals surface area contributed by atoms with Crippen molar-refractivity contribution in [1.29, 1.82) is 5.26 Å². The van der Waals surface area contributed by atoms with Crippen LogP contribution in [0.5, 0.6) is 0 Å². The van der Waals surface area contributed by atoms with E-state index in [1.165, 1.54) is 0 Å². The van der Waals surface area contributed by atoms with E-state index in [0.717, 1.165) is 5.56 Å². The van der Waals surface area contributed by atoms with E-state index in [2.05, 4.69) is 5.32 Å². The van der Waals surface area contributed by atoms with E-state index in [1.54, 1.807) is 24.3 Å². The van der Waals surface area contributed by atoms with Gasteiger partial charge >= 0.3 is 0 Å². The van der Waals surface area contributed by atoms with Crippen LogP contribution >= 0.6 is 0 Å². The highest BCUT2D eigenvalue weighted by Crippen LogP contribution is 2.12. The van der Waals surface area contributed by atoms with Gasteiger partial charge in [-0.2, -0.15) is 5.26 Å². The van der Waals surface area contributed by atoms with Crippen LogP contribution in [0.1, 0.15) is 33.9 Å². The molecule has 0 aliphatic rings. The van der Waals surface area contributed by atoms with Crippen molar-refractivity contribution < 1.29 is 4.79 Å². The Labute approximate surface area is 124 Å². The molecular formula is C17H17N3O. The van der Waals surface area contributed by atoms with Crippen LogP contribution in [0.2, 0.25) is 0 Å². The van der Waals surface area contributed by atoms with Gasteiger partial charge in [0.15, 0.2) is 0 Å². The predicted molar refractivity (Wildman–Crippen MR) is 81.5 cm³/mol. The highest BCUT2D eigenvalue weighted by molar-refractivity contribution is 5.94. The molecule has 0 aliphatic heterocycles. The number of carbonyl (C=O) groups is 1. The van der Waals surface area contributed by atoms with Crippen LogP contribution < -0.4 is 11.1 Å². The second-order valence-corrected chi connectivity index (χ2v) is 4.75. The van der Waals surface area contributed by atoms with Crippen molar-refractivity contribution in [3.8, 4) is 6.07 Å². The topological polar surface area (TPSA) is 78.9 Å². The average Bonchev–Trinajstić information content (AvgIpc) is 2.55. The molecule has 21 heavy (non-hydrogen) atoms. The summed E-state index contributed by atoms with van der Waals surface area (Å²) >= 11 is 0. The first kappa shape index (κ1) is 14.8. The first-order chi connectivity index (χ1) is 10.2. The molecule has 2 rings (SSSR count). The number of hydrogen-bond acceptors (Lipinski definition) is 3. The normalized spacial score (nSPS) is 11.4. The largest absolute Gasteiger partial charge is 0.352 e. The predicted octanol–water partition coefficient (Wildman–Crippen LogP) is 2.38. The van der Waals surface area contributed by atoms with E-state index in [9.17, 15) is 4.79 Å². The molecule has 2 aromatic carbocycles. The zero-order valence-electron chi connectivity index (χ0n) is 11.6. The Kier molecular flexibility index (Phi) is 5.08. The fraction of sp³-hybridized carbons (Fsp3) is 0.176. The van der Waals surface area contributed by atoms with E-state index in [1.807, 2.05) is 36.4 Å². The summed E-state index contributed by atoms with van der Waals surface area (Å²) in [5.74, 6) is -0.188. The zero-order valence-corrected chi connectivity index (χ0v) is 11.6. The molecule has 0 aromatic heterocycles. The second kappa shape index (κ2) is 7.22. The number of nitriles is 1. The number of nitrogens with zero attached hydrogens (tertiary/aromatic N) is 1. The third-order valence-corrected chi connectivity index (χ3v) is 3.22. The highest BCUT2D eigenvalue weighted by Gasteiger charge is 2.08. The van der Waals surface area contributed by atoms with Gasteiger partial charge in [0, 0.05) is 18.2 Å². The number of hydrogen-bond donors (Lipinski definition) is 2. The summed E-state index contributed by atoms with van der Waals surface area (Å²) in [4.78, 5) is 12.0. The lowest BCUT2D eigenvalue weighted by Crippen LogP contribution is -2.27. The third kappa shape index (κ3) is 4.16. The molecule has 0 bridgehead atoms. The quantitative estimate of drug-likeness (QED) is 0.882. The summed E-state index contributed by atoms with van der Waals surface area (Å²) < 4.78 is 0. The Morgan fingerprint density at radius 2 is 1.95 bits per heavy atom. The monoisotopic (exact) mass is 279 g/mol. The molecule has 106 valence electrons. The molecular weight excluding hydrogens is 262 g/mol. The summed E-state index contributed by atoms with van der Waals surface area (Å²) in [6.07, 6.45) is 0.660. The lowest BCUT2D eigenvalue weighted by molar-refractivity contribution is 0.0952. The Hall–Kier alpha value is -2.64. The zero-order chi connectivity index (χ0) is 15.1. The van der Waals surface area contributed by atoms with Gasteiger partial charge < -0.3 is 11.1 Å². The molecule has 0 fully saturated rings.